The highest BCUT2D eigenvalue weighted by molar-refractivity contribution is 5.54. The van der Waals surface area contributed by atoms with Crippen molar-refractivity contribution in [2.24, 2.45) is 5.92 Å². The number of hydrogen-bond donors (Lipinski definition) is 0. The molecule has 1 aromatic heterocycles. The highest BCUT2D eigenvalue weighted by atomic mass is 19.4. The first-order valence-electron chi connectivity index (χ1n) is 11.3. The van der Waals surface area contributed by atoms with Gasteiger partial charge in [0.15, 0.2) is 0 Å². The van der Waals surface area contributed by atoms with Crippen LogP contribution >= 0.6 is 0 Å². The summed E-state index contributed by atoms with van der Waals surface area (Å²) in [5, 5.41) is 0. The minimum Gasteiger partial charge on any atom is -0.477 e. The first kappa shape index (κ1) is 21.1. The van der Waals surface area contributed by atoms with Crippen LogP contribution in [0.3, 0.4) is 0 Å². The van der Waals surface area contributed by atoms with E-state index in [1.165, 1.54) is 12.1 Å². The predicted molar refractivity (Wildman–Crippen MR) is 118 cm³/mol. The van der Waals surface area contributed by atoms with E-state index in [9.17, 15) is 18.0 Å². The minimum absolute atomic E-state index is 0.120. The standard InChI is InChI=1S/C25H22F3N3O3/c26-25(27,28)18-2-1-3-20(10-18)34-19-6-4-16(5-7-19)8-9-33-21-11-22-30(23(32)29-21)15-24-12-17(13-24)14-31(22)24/h1-7,10-11,17H,8-9,12-15H2. The molecule has 176 valence electrons. The van der Waals surface area contributed by atoms with Crippen molar-refractivity contribution < 1.29 is 22.6 Å². The maximum absolute atomic E-state index is 12.9. The van der Waals surface area contributed by atoms with E-state index >= 15 is 0 Å². The molecule has 2 aromatic carbocycles. The van der Waals surface area contributed by atoms with Crippen LogP contribution in [0.15, 0.2) is 59.4 Å². The van der Waals surface area contributed by atoms with Gasteiger partial charge >= 0.3 is 11.9 Å². The van der Waals surface area contributed by atoms with E-state index in [4.69, 9.17) is 9.47 Å². The minimum atomic E-state index is -4.42. The molecule has 1 aliphatic carbocycles. The van der Waals surface area contributed by atoms with Crippen molar-refractivity contribution in [2.45, 2.75) is 37.5 Å². The molecule has 0 amide bonds. The molecule has 2 saturated heterocycles. The number of alkyl halides is 3. The first-order chi connectivity index (χ1) is 16.3. The highest BCUT2D eigenvalue weighted by Crippen LogP contribution is 2.56. The molecule has 2 bridgehead atoms. The SMILES string of the molecule is O=c1nc(OCCc2ccc(Oc3cccc(C(F)(F)F)c3)cc2)cc2n1CC13CC(CN21)C3. The summed E-state index contributed by atoms with van der Waals surface area (Å²) < 4.78 is 51.7. The van der Waals surface area contributed by atoms with Gasteiger partial charge in [-0.25, -0.2) is 4.79 Å². The molecule has 34 heavy (non-hydrogen) atoms. The second-order valence-electron chi connectivity index (χ2n) is 9.30. The summed E-state index contributed by atoms with van der Waals surface area (Å²) in [5.41, 5.74) is 0.0643. The molecule has 9 heteroatoms. The zero-order chi connectivity index (χ0) is 23.5. The lowest BCUT2D eigenvalue weighted by Gasteiger charge is -2.37. The van der Waals surface area contributed by atoms with Crippen LogP contribution in [0.25, 0.3) is 0 Å². The van der Waals surface area contributed by atoms with Crippen LogP contribution in [0.4, 0.5) is 19.0 Å². The Bertz CT molecular complexity index is 1300. The van der Waals surface area contributed by atoms with Crippen molar-refractivity contribution >= 4 is 5.82 Å². The normalized spacial score (nSPS) is 22.2. The summed E-state index contributed by atoms with van der Waals surface area (Å²) in [6.45, 7) is 2.06. The number of hydrogen-bond acceptors (Lipinski definition) is 5. The molecule has 0 N–H and O–H groups in total. The van der Waals surface area contributed by atoms with E-state index in [1.807, 2.05) is 18.2 Å². The first-order valence-corrected chi connectivity index (χ1v) is 11.3. The van der Waals surface area contributed by atoms with Gasteiger partial charge in [-0.15, -0.1) is 0 Å². The van der Waals surface area contributed by atoms with E-state index in [2.05, 4.69) is 9.88 Å². The zero-order valence-electron chi connectivity index (χ0n) is 18.2. The Balaban J connectivity index is 1.07. The van der Waals surface area contributed by atoms with Crippen molar-refractivity contribution in [3.8, 4) is 17.4 Å². The van der Waals surface area contributed by atoms with Crippen LogP contribution in [-0.2, 0) is 19.1 Å². The fourth-order valence-corrected chi connectivity index (χ4v) is 5.45. The van der Waals surface area contributed by atoms with E-state index in [1.54, 1.807) is 16.7 Å². The number of anilines is 1. The largest absolute Gasteiger partial charge is 0.477 e. The quantitative estimate of drug-likeness (QED) is 0.526. The molecular weight excluding hydrogens is 447 g/mol. The van der Waals surface area contributed by atoms with Crippen molar-refractivity contribution in [3.63, 3.8) is 0 Å². The van der Waals surface area contributed by atoms with Crippen molar-refractivity contribution in [1.29, 1.82) is 0 Å². The second-order valence-corrected chi connectivity index (χ2v) is 9.30. The smallest absolute Gasteiger partial charge is 0.416 e. The van der Waals surface area contributed by atoms with Crippen LogP contribution in [0.2, 0.25) is 0 Å². The molecule has 1 saturated carbocycles. The summed E-state index contributed by atoms with van der Waals surface area (Å²) in [6, 6.07) is 13.7. The van der Waals surface area contributed by atoms with Crippen LogP contribution in [0.5, 0.6) is 17.4 Å². The Kier molecular flexibility index (Phi) is 4.65. The molecule has 6 nitrogen and oxygen atoms in total. The summed E-state index contributed by atoms with van der Waals surface area (Å²) in [6.07, 6.45) is -1.53. The van der Waals surface area contributed by atoms with Gasteiger partial charge in [0, 0.05) is 19.0 Å². The van der Waals surface area contributed by atoms with Gasteiger partial charge in [0.25, 0.3) is 0 Å². The third kappa shape index (κ3) is 3.59. The van der Waals surface area contributed by atoms with Gasteiger partial charge in [-0.2, -0.15) is 18.2 Å². The molecule has 0 atom stereocenters. The monoisotopic (exact) mass is 469 g/mol. The van der Waals surface area contributed by atoms with Gasteiger partial charge in [-0.05, 0) is 54.7 Å². The maximum atomic E-state index is 12.9. The van der Waals surface area contributed by atoms with Crippen molar-refractivity contribution in [1.82, 2.24) is 9.55 Å². The topological polar surface area (TPSA) is 56.6 Å². The maximum Gasteiger partial charge on any atom is 0.416 e. The molecule has 4 heterocycles. The van der Waals surface area contributed by atoms with Gasteiger partial charge in [-0.3, -0.25) is 4.57 Å². The Morgan fingerprint density at radius 2 is 1.85 bits per heavy atom. The molecule has 3 fully saturated rings. The molecule has 3 aliphatic heterocycles. The molecule has 7 rings (SSSR count). The lowest BCUT2D eigenvalue weighted by Crippen LogP contribution is -2.44. The number of aromatic nitrogens is 2. The average molecular weight is 469 g/mol. The van der Waals surface area contributed by atoms with Crippen LogP contribution < -0.4 is 20.1 Å². The van der Waals surface area contributed by atoms with Crippen molar-refractivity contribution in [3.05, 3.63) is 76.2 Å². The van der Waals surface area contributed by atoms with E-state index < -0.39 is 11.7 Å². The molecule has 4 aliphatic rings. The second kappa shape index (κ2) is 7.51. The summed E-state index contributed by atoms with van der Waals surface area (Å²) in [5.74, 6) is 2.54. The molecule has 1 spiro atoms. The van der Waals surface area contributed by atoms with Crippen molar-refractivity contribution in [2.75, 3.05) is 18.1 Å². The van der Waals surface area contributed by atoms with E-state index in [0.717, 1.165) is 55.4 Å². The van der Waals surface area contributed by atoms with Gasteiger partial charge in [0.05, 0.1) is 24.3 Å². The lowest BCUT2D eigenvalue weighted by molar-refractivity contribution is -0.137. The van der Waals surface area contributed by atoms with Crippen LogP contribution in [-0.4, -0.2) is 28.2 Å². The Hall–Kier alpha value is -3.49. The van der Waals surface area contributed by atoms with Gasteiger partial charge in [-0.1, -0.05) is 18.2 Å². The fourth-order valence-electron chi connectivity index (χ4n) is 5.45. The molecule has 3 aromatic rings. The van der Waals surface area contributed by atoms with Gasteiger partial charge < -0.3 is 14.4 Å². The summed E-state index contributed by atoms with van der Waals surface area (Å²) >= 11 is 0. The molecule has 0 radical (unpaired) electrons. The third-order valence-corrected chi connectivity index (χ3v) is 7.01. The summed E-state index contributed by atoms with van der Waals surface area (Å²) in [7, 11) is 0. The summed E-state index contributed by atoms with van der Waals surface area (Å²) in [4.78, 5) is 18.9. The zero-order valence-corrected chi connectivity index (χ0v) is 18.2. The molecule has 0 unspecified atom stereocenters. The fraction of sp³-hybridized carbons (Fsp3) is 0.360. The number of ether oxygens (including phenoxy) is 2. The number of benzene rings is 2. The van der Waals surface area contributed by atoms with Crippen LogP contribution in [0, 0.1) is 5.92 Å². The highest BCUT2D eigenvalue weighted by Gasteiger charge is 2.60. The predicted octanol–water partition coefficient (Wildman–Crippen LogP) is 4.66. The third-order valence-electron chi connectivity index (χ3n) is 7.01. The van der Waals surface area contributed by atoms with Crippen LogP contribution in [0.1, 0.15) is 24.0 Å². The number of rotatable bonds is 6. The Labute approximate surface area is 193 Å². The van der Waals surface area contributed by atoms with Gasteiger partial charge in [0.1, 0.15) is 17.3 Å². The average Bonchev–Trinajstić information content (AvgIpc) is 3.41. The van der Waals surface area contributed by atoms with E-state index in [-0.39, 0.29) is 17.0 Å². The number of nitrogens with zero attached hydrogens (tertiary/aromatic N) is 3. The number of fused-ring (bicyclic) bond motifs is 1. The Morgan fingerprint density at radius 1 is 1.06 bits per heavy atom. The van der Waals surface area contributed by atoms with E-state index in [0.29, 0.717) is 24.7 Å². The Morgan fingerprint density at radius 3 is 2.62 bits per heavy atom. The van der Waals surface area contributed by atoms with Gasteiger partial charge in [0.2, 0.25) is 5.88 Å². The number of halogens is 3. The lowest BCUT2D eigenvalue weighted by atomic mass is 9.74. The molecular formula is C25H22F3N3O3.